The molecule has 33 heavy (non-hydrogen) atoms. The zero-order valence-corrected chi connectivity index (χ0v) is 19.8. The molecule has 1 amide bonds. The summed E-state index contributed by atoms with van der Waals surface area (Å²) in [5.41, 5.74) is 3.96. The summed E-state index contributed by atoms with van der Waals surface area (Å²) in [5, 5.41) is 0. The summed E-state index contributed by atoms with van der Waals surface area (Å²) >= 11 is 0. The Morgan fingerprint density at radius 2 is 1.58 bits per heavy atom. The minimum absolute atomic E-state index is 0.200. The fourth-order valence-electron chi connectivity index (χ4n) is 4.06. The van der Waals surface area contributed by atoms with Gasteiger partial charge in [-0.05, 0) is 36.2 Å². The zero-order valence-electron chi connectivity index (χ0n) is 19.0. The van der Waals surface area contributed by atoms with E-state index in [1.54, 1.807) is 30.0 Å². The third-order valence-electron chi connectivity index (χ3n) is 5.82. The number of para-hydroxylation sites is 1. The second-order valence-corrected chi connectivity index (χ2v) is 9.80. The van der Waals surface area contributed by atoms with Crippen molar-refractivity contribution in [3.8, 4) is 0 Å². The van der Waals surface area contributed by atoms with Gasteiger partial charge in [-0.15, -0.1) is 0 Å². The van der Waals surface area contributed by atoms with Crippen LogP contribution in [0, 0.1) is 6.92 Å². The van der Waals surface area contributed by atoms with Crippen molar-refractivity contribution in [3.63, 3.8) is 0 Å². The Morgan fingerprint density at radius 1 is 0.909 bits per heavy atom. The molecule has 0 bridgehead atoms. The first-order valence-corrected chi connectivity index (χ1v) is 12.5. The van der Waals surface area contributed by atoms with Gasteiger partial charge in [0.05, 0.1) is 22.8 Å². The van der Waals surface area contributed by atoms with Crippen LogP contribution < -0.4 is 4.90 Å². The van der Waals surface area contributed by atoms with Gasteiger partial charge in [-0.2, -0.15) is 4.31 Å². The Balaban J connectivity index is 1.76. The highest BCUT2D eigenvalue weighted by Crippen LogP contribution is 2.33. The molecule has 0 spiro atoms. The summed E-state index contributed by atoms with van der Waals surface area (Å²) in [5.74, 6) is -0.200. The van der Waals surface area contributed by atoms with Crippen molar-refractivity contribution in [1.29, 1.82) is 0 Å². The van der Waals surface area contributed by atoms with Crippen molar-refractivity contribution in [3.05, 3.63) is 89.5 Å². The minimum atomic E-state index is -3.64. The van der Waals surface area contributed by atoms with Crippen LogP contribution in [-0.2, 0) is 21.4 Å². The molecule has 0 aromatic heterocycles. The summed E-state index contributed by atoms with van der Waals surface area (Å²) in [6.45, 7) is 6.61. The second-order valence-electron chi connectivity index (χ2n) is 7.89. The predicted molar refractivity (Wildman–Crippen MR) is 132 cm³/mol. The van der Waals surface area contributed by atoms with E-state index in [-0.39, 0.29) is 10.8 Å². The molecule has 0 unspecified atom stereocenters. The molecule has 1 aliphatic rings. The first kappa shape index (κ1) is 22.9. The molecular weight excluding hydrogens is 434 g/mol. The van der Waals surface area contributed by atoms with E-state index < -0.39 is 10.0 Å². The Bertz CT molecular complexity index is 1310. The molecule has 7 heteroatoms. The number of nitrogens with zero attached hydrogens (tertiary/aromatic N) is 3. The van der Waals surface area contributed by atoms with Gasteiger partial charge in [0.2, 0.25) is 10.0 Å². The summed E-state index contributed by atoms with van der Waals surface area (Å²) in [4.78, 5) is 20.0. The van der Waals surface area contributed by atoms with Gasteiger partial charge in [0.25, 0.3) is 5.91 Å². The fourth-order valence-corrected chi connectivity index (χ4v) is 5.76. The highest BCUT2D eigenvalue weighted by atomic mass is 32.2. The van der Waals surface area contributed by atoms with Gasteiger partial charge < -0.3 is 4.90 Å². The number of hydrogen-bond acceptors (Lipinski definition) is 4. The van der Waals surface area contributed by atoms with E-state index in [1.165, 1.54) is 4.31 Å². The lowest BCUT2D eigenvalue weighted by Crippen LogP contribution is -2.31. The zero-order chi connectivity index (χ0) is 23.6. The van der Waals surface area contributed by atoms with Crippen LogP contribution in [0.3, 0.4) is 0 Å². The van der Waals surface area contributed by atoms with Gasteiger partial charge in [0.1, 0.15) is 5.71 Å². The normalized spacial score (nSPS) is 14.8. The Labute approximate surface area is 195 Å². The standard InChI is InChI=1S/C26H27N3O3S/c1-4-28(5-2)33(31,32)24-17-21(16-15-19(24)3)27-25-22-13-9-10-14-23(22)29(26(25)30)18-20-11-7-6-8-12-20/h6-17H,4-5,18H2,1-3H3. The van der Waals surface area contributed by atoms with Gasteiger partial charge in [-0.1, -0.05) is 68.4 Å². The summed E-state index contributed by atoms with van der Waals surface area (Å²) in [6.07, 6.45) is 0. The van der Waals surface area contributed by atoms with Crippen molar-refractivity contribution in [2.45, 2.75) is 32.2 Å². The molecule has 0 atom stereocenters. The molecule has 3 aromatic rings. The van der Waals surface area contributed by atoms with Crippen LogP contribution in [0.1, 0.15) is 30.5 Å². The predicted octanol–water partition coefficient (Wildman–Crippen LogP) is 4.69. The lowest BCUT2D eigenvalue weighted by molar-refractivity contribution is -0.112. The number of hydrogen-bond donors (Lipinski definition) is 0. The van der Waals surface area contributed by atoms with Crippen molar-refractivity contribution >= 4 is 33.0 Å². The molecular formula is C26H27N3O3S. The van der Waals surface area contributed by atoms with Gasteiger partial charge >= 0.3 is 0 Å². The molecule has 6 nitrogen and oxygen atoms in total. The van der Waals surface area contributed by atoms with Crippen LogP contribution in [0.15, 0.2) is 82.7 Å². The van der Waals surface area contributed by atoms with Gasteiger partial charge in [-0.3, -0.25) is 4.79 Å². The Kier molecular flexibility index (Phi) is 6.44. The summed E-state index contributed by atoms with van der Waals surface area (Å²) in [6, 6.07) is 22.4. The number of benzene rings is 3. The number of anilines is 1. The first-order valence-electron chi connectivity index (χ1n) is 11.0. The van der Waals surface area contributed by atoms with Crippen molar-refractivity contribution in [1.82, 2.24) is 4.31 Å². The molecule has 1 aliphatic heterocycles. The molecule has 1 heterocycles. The van der Waals surface area contributed by atoms with E-state index in [9.17, 15) is 13.2 Å². The SMILES string of the molecule is CCN(CC)S(=O)(=O)c1cc(N=C2C(=O)N(Cc3ccccc3)c3ccccc32)ccc1C. The molecule has 0 fully saturated rings. The van der Waals surface area contributed by atoms with Crippen LogP contribution in [-0.4, -0.2) is 37.4 Å². The van der Waals surface area contributed by atoms with E-state index >= 15 is 0 Å². The maximum atomic E-state index is 13.4. The lowest BCUT2D eigenvalue weighted by Gasteiger charge is -2.20. The number of aryl methyl sites for hydroxylation is 1. The summed E-state index contributed by atoms with van der Waals surface area (Å²) in [7, 11) is -3.64. The largest absolute Gasteiger partial charge is 0.302 e. The maximum absolute atomic E-state index is 13.4. The van der Waals surface area contributed by atoms with E-state index in [1.807, 2.05) is 68.4 Å². The third kappa shape index (κ3) is 4.34. The molecule has 3 aromatic carbocycles. The van der Waals surface area contributed by atoms with Crippen LogP contribution in [0.2, 0.25) is 0 Å². The first-order chi connectivity index (χ1) is 15.9. The van der Waals surface area contributed by atoms with Crippen LogP contribution >= 0.6 is 0 Å². The average molecular weight is 462 g/mol. The topological polar surface area (TPSA) is 70.0 Å². The molecule has 170 valence electrons. The summed E-state index contributed by atoms with van der Waals surface area (Å²) < 4.78 is 27.7. The smallest absolute Gasteiger partial charge is 0.277 e. The van der Waals surface area contributed by atoms with E-state index in [0.717, 1.165) is 16.8 Å². The molecule has 0 saturated carbocycles. The van der Waals surface area contributed by atoms with Gasteiger partial charge in [0.15, 0.2) is 0 Å². The minimum Gasteiger partial charge on any atom is -0.302 e. The Hall–Kier alpha value is -3.29. The number of carbonyl (C=O) groups is 1. The van der Waals surface area contributed by atoms with Gasteiger partial charge in [-0.25, -0.2) is 13.4 Å². The van der Waals surface area contributed by atoms with Crippen molar-refractivity contribution in [2.75, 3.05) is 18.0 Å². The van der Waals surface area contributed by atoms with E-state index in [2.05, 4.69) is 4.99 Å². The number of fused-ring (bicyclic) bond motifs is 1. The maximum Gasteiger partial charge on any atom is 0.277 e. The molecule has 4 rings (SSSR count). The molecule has 0 saturated heterocycles. The number of aliphatic imine (C=N–C) groups is 1. The Morgan fingerprint density at radius 3 is 2.27 bits per heavy atom. The van der Waals surface area contributed by atoms with Crippen LogP contribution in [0.5, 0.6) is 0 Å². The van der Waals surface area contributed by atoms with Gasteiger partial charge in [0, 0.05) is 18.7 Å². The monoisotopic (exact) mass is 461 g/mol. The number of carbonyl (C=O) groups excluding carboxylic acids is 1. The molecule has 0 radical (unpaired) electrons. The second kappa shape index (κ2) is 9.29. The third-order valence-corrected chi connectivity index (χ3v) is 8.01. The number of sulfonamides is 1. The quantitative estimate of drug-likeness (QED) is 0.512. The molecule has 0 aliphatic carbocycles. The van der Waals surface area contributed by atoms with E-state index in [0.29, 0.717) is 36.6 Å². The van der Waals surface area contributed by atoms with E-state index in [4.69, 9.17) is 0 Å². The van der Waals surface area contributed by atoms with Crippen LogP contribution in [0.4, 0.5) is 11.4 Å². The van der Waals surface area contributed by atoms with Crippen molar-refractivity contribution < 1.29 is 13.2 Å². The number of amides is 1. The average Bonchev–Trinajstić information content (AvgIpc) is 3.07. The van der Waals surface area contributed by atoms with Crippen LogP contribution in [0.25, 0.3) is 0 Å². The fraction of sp³-hybridized carbons (Fsp3) is 0.231. The van der Waals surface area contributed by atoms with Crippen molar-refractivity contribution in [2.24, 2.45) is 4.99 Å². The molecule has 0 N–H and O–H groups in total. The lowest BCUT2D eigenvalue weighted by atomic mass is 10.1. The highest BCUT2D eigenvalue weighted by Gasteiger charge is 2.34. The highest BCUT2D eigenvalue weighted by molar-refractivity contribution is 7.89. The number of rotatable bonds is 7.